The Morgan fingerprint density at radius 3 is 2.43 bits per heavy atom. The molecule has 0 bridgehead atoms. The first-order valence-corrected chi connectivity index (χ1v) is 17.1. The Hall–Kier alpha value is -3.08. The molecule has 1 aromatic rings. The number of carbonyl (C=O) groups excluding carboxylic acids is 2. The molecule has 1 saturated carbocycles. The molecule has 4 rings (SSSR count). The second-order valence-electron chi connectivity index (χ2n) is 13.6. The Balaban J connectivity index is 1.45. The van der Waals surface area contributed by atoms with Gasteiger partial charge < -0.3 is 24.6 Å². The van der Waals surface area contributed by atoms with Crippen LogP contribution in [-0.4, -0.2) is 98.2 Å². The average molecular weight is 639 g/mol. The average Bonchev–Trinajstić information content (AvgIpc) is 3.34. The van der Waals surface area contributed by atoms with Gasteiger partial charge in [-0.15, -0.1) is 0 Å². The Morgan fingerprint density at radius 1 is 1.09 bits per heavy atom. The quantitative estimate of drug-likeness (QED) is 0.184. The first-order chi connectivity index (χ1) is 22.0. The largest absolute Gasteiger partial charge is 0.457 e. The van der Waals surface area contributed by atoms with Crippen LogP contribution < -0.4 is 0 Å². The summed E-state index contributed by atoms with van der Waals surface area (Å²) in [6, 6.07) is 2.37. The molecule has 10 nitrogen and oxygen atoms in total. The fourth-order valence-electron chi connectivity index (χ4n) is 6.63. The molecule has 46 heavy (non-hydrogen) atoms. The normalized spacial score (nSPS) is 31.3. The van der Waals surface area contributed by atoms with Crippen molar-refractivity contribution in [1.82, 2.24) is 19.8 Å². The van der Waals surface area contributed by atoms with Crippen molar-refractivity contribution < 1.29 is 29.3 Å². The Bertz CT molecular complexity index is 1200. The number of aliphatic hydroxyl groups excluding tert-OH is 1. The maximum absolute atomic E-state index is 13.4. The van der Waals surface area contributed by atoms with Gasteiger partial charge in [-0.2, -0.15) is 0 Å². The number of esters is 1. The molecule has 1 amide bonds. The van der Waals surface area contributed by atoms with Crippen LogP contribution in [0.4, 0.5) is 4.79 Å². The third-order valence-electron chi connectivity index (χ3n) is 9.67. The Kier molecular flexibility index (Phi) is 13.4. The number of ether oxygens (including phenoxy) is 2. The lowest BCUT2D eigenvalue weighted by Gasteiger charge is -2.40. The summed E-state index contributed by atoms with van der Waals surface area (Å²) < 4.78 is 11.9. The van der Waals surface area contributed by atoms with Crippen LogP contribution in [0.2, 0.25) is 0 Å². The highest BCUT2D eigenvalue weighted by atomic mass is 16.6. The molecule has 0 unspecified atom stereocenters. The van der Waals surface area contributed by atoms with E-state index in [4.69, 9.17) is 9.47 Å². The number of allylic oxidation sites excluding steroid dienone is 3. The standard InChI is InChI=1S/C36H54N4O6/c1-26(11-9-12-28(3)34-37-19-10-20-38-34)33-27(2)15-16-31(36(4,44)18-17-30(41)25-32(42)46-33)45-35(43)40-23-21-39(22-24-40)29-13-7-5-6-8-14-29/h9-12,15-16,19-20,27-31,33,41,44H,5-8,13-14,17-18,21-25H2,1-4H3/b12-9+,16-15+,26-11+/t27-,28-,30+,31-,33+,36+/m0/s1. The third-order valence-corrected chi connectivity index (χ3v) is 9.67. The molecule has 6 atom stereocenters. The first kappa shape index (κ1) is 35.8. The molecule has 0 radical (unpaired) electrons. The summed E-state index contributed by atoms with van der Waals surface area (Å²) in [4.78, 5) is 39.1. The van der Waals surface area contributed by atoms with Gasteiger partial charge in [0, 0.05) is 56.5 Å². The number of amides is 1. The van der Waals surface area contributed by atoms with Crippen molar-refractivity contribution in [1.29, 1.82) is 0 Å². The lowest BCUT2D eigenvalue weighted by Crippen LogP contribution is -2.53. The number of hydrogen-bond donors (Lipinski definition) is 2. The highest BCUT2D eigenvalue weighted by molar-refractivity contribution is 5.70. The SMILES string of the molecule is C/C(=C\C=C\[C@H](C)c1ncccn1)[C@H]1OC(=O)C[C@H](O)CC[C@@](C)(O)[C@@H](OC(=O)N2CCN(C3CCCCCC3)CC2)/C=C/[C@@H]1C. The second kappa shape index (κ2) is 17.2. The number of hydrogen-bond acceptors (Lipinski definition) is 9. The van der Waals surface area contributed by atoms with Gasteiger partial charge in [-0.05, 0) is 57.2 Å². The van der Waals surface area contributed by atoms with Crippen LogP contribution in [0.1, 0.15) is 97.2 Å². The molecule has 254 valence electrons. The zero-order valence-electron chi connectivity index (χ0n) is 28.1. The van der Waals surface area contributed by atoms with Crippen LogP contribution in [0, 0.1) is 5.92 Å². The van der Waals surface area contributed by atoms with E-state index in [-0.39, 0.29) is 31.1 Å². The number of nitrogens with zero attached hydrogens (tertiary/aromatic N) is 4. The summed E-state index contributed by atoms with van der Waals surface area (Å²) in [5, 5.41) is 22.1. The van der Waals surface area contributed by atoms with Crippen molar-refractivity contribution in [3.05, 3.63) is 60.2 Å². The van der Waals surface area contributed by atoms with Crippen LogP contribution in [0.25, 0.3) is 0 Å². The van der Waals surface area contributed by atoms with E-state index in [0.717, 1.165) is 18.7 Å². The third kappa shape index (κ3) is 10.5. The van der Waals surface area contributed by atoms with Gasteiger partial charge in [0.15, 0.2) is 6.10 Å². The van der Waals surface area contributed by atoms with E-state index in [1.165, 1.54) is 38.5 Å². The summed E-state index contributed by atoms with van der Waals surface area (Å²) in [5.74, 6) is -0.109. The fourth-order valence-corrected chi connectivity index (χ4v) is 6.63. The topological polar surface area (TPSA) is 125 Å². The van der Waals surface area contributed by atoms with Crippen molar-refractivity contribution in [2.45, 2.75) is 121 Å². The van der Waals surface area contributed by atoms with Gasteiger partial charge in [0.2, 0.25) is 0 Å². The van der Waals surface area contributed by atoms with Crippen LogP contribution in [0.3, 0.4) is 0 Å². The molecule has 2 fully saturated rings. The van der Waals surface area contributed by atoms with Gasteiger partial charge in [-0.1, -0.05) is 63.8 Å². The number of carbonyl (C=O) groups is 2. The highest BCUT2D eigenvalue weighted by Gasteiger charge is 2.37. The molecule has 1 aromatic heterocycles. The number of aromatic nitrogens is 2. The minimum Gasteiger partial charge on any atom is -0.457 e. The fraction of sp³-hybridized carbons (Fsp3) is 0.667. The van der Waals surface area contributed by atoms with Gasteiger partial charge in [0.05, 0.1) is 12.5 Å². The smallest absolute Gasteiger partial charge is 0.410 e. The molecular formula is C36H54N4O6. The van der Waals surface area contributed by atoms with Crippen LogP contribution in [0.5, 0.6) is 0 Å². The lowest BCUT2D eigenvalue weighted by molar-refractivity contribution is -0.151. The van der Waals surface area contributed by atoms with Gasteiger partial charge in [0.1, 0.15) is 17.5 Å². The molecular weight excluding hydrogens is 584 g/mol. The number of aliphatic hydroxyl groups is 2. The van der Waals surface area contributed by atoms with Crippen molar-refractivity contribution in [2.75, 3.05) is 26.2 Å². The molecule has 1 saturated heterocycles. The monoisotopic (exact) mass is 638 g/mol. The summed E-state index contributed by atoms with van der Waals surface area (Å²) in [5.41, 5.74) is -0.641. The Morgan fingerprint density at radius 2 is 1.76 bits per heavy atom. The van der Waals surface area contributed by atoms with Crippen molar-refractivity contribution in [3.8, 4) is 0 Å². The van der Waals surface area contributed by atoms with E-state index in [0.29, 0.717) is 25.0 Å². The molecule has 0 aromatic carbocycles. The molecule has 2 N–H and O–H groups in total. The van der Waals surface area contributed by atoms with Crippen LogP contribution in [-0.2, 0) is 14.3 Å². The molecule has 2 aliphatic heterocycles. The minimum atomic E-state index is -1.45. The van der Waals surface area contributed by atoms with E-state index >= 15 is 0 Å². The van der Waals surface area contributed by atoms with Gasteiger partial charge in [0.25, 0.3) is 0 Å². The summed E-state index contributed by atoms with van der Waals surface area (Å²) in [7, 11) is 0. The predicted molar refractivity (Wildman–Crippen MR) is 177 cm³/mol. The van der Waals surface area contributed by atoms with Crippen LogP contribution >= 0.6 is 0 Å². The molecule has 0 spiro atoms. The highest BCUT2D eigenvalue weighted by Crippen LogP contribution is 2.28. The van der Waals surface area contributed by atoms with Crippen LogP contribution in [0.15, 0.2) is 54.4 Å². The number of cyclic esters (lactones) is 1. The predicted octanol–water partition coefficient (Wildman–Crippen LogP) is 5.33. The molecule has 1 aliphatic carbocycles. The number of rotatable bonds is 6. The Labute approximate surface area is 274 Å². The minimum absolute atomic E-state index is 0.00552. The first-order valence-electron chi connectivity index (χ1n) is 17.1. The maximum Gasteiger partial charge on any atom is 0.410 e. The molecule has 3 aliphatic rings. The summed E-state index contributed by atoms with van der Waals surface area (Å²) >= 11 is 0. The number of piperazine rings is 1. The zero-order chi connectivity index (χ0) is 33.1. The van der Waals surface area contributed by atoms with E-state index in [9.17, 15) is 19.8 Å². The van der Waals surface area contributed by atoms with E-state index in [1.54, 1.807) is 36.4 Å². The maximum atomic E-state index is 13.4. The molecule has 10 heteroatoms. The lowest BCUT2D eigenvalue weighted by atomic mass is 9.88. The summed E-state index contributed by atoms with van der Waals surface area (Å²) in [6.45, 7) is 10.3. The molecule has 3 heterocycles. The van der Waals surface area contributed by atoms with Crippen molar-refractivity contribution in [2.24, 2.45) is 5.92 Å². The van der Waals surface area contributed by atoms with Crippen molar-refractivity contribution in [3.63, 3.8) is 0 Å². The van der Waals surface area contributed by atoms with Gasteiger partial charge in [-0.25, -0.2) is 14.8 Å². The van der Waals surface area contributed by atoms with E-state index in [2.05, 4.69) is 14.9 Å². The summed E-state index contributed by atoms with van der Waals surface area (Å²) in [6.07, 6.45) is 17.5. The zero-order valence-corrected chi connectivity index (χ0v) is 28.1. The van der Waals surface area contributed by atoms with Gasteiger partial charge in [-0.3, -0.25) is 9.69 Å². The van der Waals surface area contributed by atoms with E-state index < -0.39 is 36.0 Å². The van der Waals surface area contributed by atoms with Crippen molar-refractivity contribution >= 4 is 12.1 Å². The second-order valence-corrected chi connectivity index (χ2v) is 13.6. The van der Waals surface area contributed by atoms with E-state index in [1.807, 2.05) is 45.1 Å². The van der Waals surface area contributed by atoms with Gasteiger partial charge >= 0.3 is 12.1 Å².